The van der Waals surface area contributed by atoms with Crippen molar-refractivity contribution in [1.29, 1.82) is 0 Å². The molecule has 0 spiro atoms. The fraction of sp³-hybridized carbons (Fsp3) is 0.407. The van der Waals surface area contributed by atoms with Gasteiger partial charge in [0.15, 0.2) is 28.8 Å². The molecule has 0 unspecified atom stereocenters. The number of thioether (sulfide) groups is 1. The molecule has 1 amide bonds. The van der Waals surface area contributed by atoms with E-state index in [0.717, 1.165) is 23.4 Å². The molecule has 3 aromatic rings. The van der Waals surface area contributed by atoms with Gasteiger partial charge in [-0.2, -0.15) is 0 Å². The maximum Gasteiger partial charge on any atom is 0.352 e. The standard InChI is InChI=1S/C27H32N10O7S2/c1-27(2,24(42)43)44-33-19(16-13-46-26(30)32-16)17(38)10-15-21(39)37-20(23(40)41)14(12-45-22(15)37)11-35-7-4-18-34(8-9-36(18)35)6-3-5-31-25(28)29/h4,7-9,13,15,22H,3,5-6,10-12H2,1-2H3,(H7-,28,29,30,31,32,40,41,42,43)/p+1/b33-19-/t15-,22-/m1/s1. The molecule has 17 nitrogen and oxygen atoms in total. The molecular formula is C27H33N10O7S2+. The summed E-state index contributed by atoms with van der Waals surface area (Å²) in [6.45, 7) is 3.92. The van der Waals surface area contributed by atoms with E-state index in [-0.39, 0.29) is 41.2 Å². The molecule has 0 saturated carbocycles. The Hall–Kier alpha value is -4.91. The van der Waals surface area contributed by atoms with Crippen molar-refractivity contribution in [3.8, 4) is 0 Å². The topological polar surface area (TPSA) is 250 Å². The summed E-state index contributed by atoms with van der Waals surface area (Å²) in [4.78, 5) is 65.2. The molecule has 2 aliphatic heterocycles. The number of aliphatic carboxylic acids is 2. The number of hydrogen-bond donors (Lipinski definition) is 5. The molecule has 1 fully saturated rings. The van der Waals surface area contributed by atoms with Crippen molar-refractivity contribution >= 4 is 69.2 Å². The summed E-state index contributed by atoms with van der Waals surface area (Å²) in [7, 11) is 0. The second-order valence-corrected chi connectivity index (χ2v) is 13.1. The minimum Gasteiger partial charge on any atom is -0.478 e. The first kappa shape index (κ1) is 32.5. The Morgan fingerprint density at radius 2 is 2.00 bits per heavy atom. The third kappa shape index (κ3) is 6.41. The van der Waals surface area contributed by atoms with Crippen molar-refractivity contribution in [2.75, 3.05) is 18.0 Å². The zero-order valence-electron chi connectivity index (χ0n) is 24.9. The highest BCUT2D eigenvalue weighted by Crippen LogP contribution is 2.45. The summed E-state index contributed by atoms with van der Waals surface area (Å²) in [5.41, 5.74) is 15.9. The van der Waals surface area contributed by atoms with Crippen LogP contribution in [0.5, 0.6) is 0 Å². The Labute approximate surface area is 270 Å². The molecule has 19 heteroatoms. The van der Waals surface area contributed by atoms with Crippen LogP contribution in [0.15, 0.2) is 51.5 Å². The minimum absolute atomic E-state index is 0.0402. The van der Waals surface area contributed by atoms with Crippen molar-refractivity contribution in [3.63, 3.8) is 0 Å². The smallest absolute Gasteiger partial charge is 0.352 e. The third-order valence-corrected chi connectivity index (χ3v) is 9.54. The number of rotatable bonds is 14. The van der Waals surface area contributed by atoms with Crippen LogP contribution in [0.4, 0.5) is 5.13 Å². The number of ketones is 1. The monoisotopic (exact) mass is 673 g/mol. The van der Waals surface area contributed by atoms with Gasteiger partial charge in [0.25, 0.3) is 0 Å². The quantitative estimate of drug-likeness (QED) is 0.0374. The van der Waals surface area contributed by atoms with E-state index >= 15 is 0 Å². The fourth-order valence-electron chi connectivity index (χ4n) is 5.08. The third-order valence-electron chi connectivity index (χ3n) is 7.47. The molecule has 0 bridgehead atoms. The van der Waals surface area contributed by atoms with Gasteiger partial charge in [-0.15, -0.1) is 27.6 Å². The number of aryl methyl sites for hydroxylation is 1. The maximum atomic E-state index is 13.4. The van der Waals surface area contributed by atoms with E-state index < -0.39 is 40.5 Å². The average Bonchev–Trinajstić information content (AvgIpc) is 3.71. The van der Waals surface area contributed by atoms with Gasteiger partial charge in [0.05, 0.1) is 30.6 Å². The summed E-state index contributed by atoms with van der Waals surface area (Å²) in [6, 6.07) is 1.91. The number of oxime groups is 1. The van der Waals surface area contributed by atoms with E-state index in [0.29, 0.717) is 24.4 Å². The largest absolute Gasteiger partial charge is 0.478 e. The highest BCUT2D eigenvalue weighted by Gasteiger charge is 2.54. The van der Waals surface area contributed by atoms with E-state index in [4.69, 9.17) is 22.0 Å². The zero-order chi connectivity index (χ0) is 33.3. The molecule has 5 heterocycles. The van der Waals surface area contributed by atoms with E-state index in [1.165, 1.54) is 35.9 Å². The lowest BCUT2D eigenvalue weighted by molar-refractivity contribution is -0.671. The molecule has 0 aromatic carbocycles. The normalized spacial score (nSPS) is 18.3. The lowest BCUT2D eigenvalue weighted by Crippen LogP contribution is -2.62. The lowest BCUT2D eigenvalue weighted by Gasteiger charge is -2.49. The number of aromatic nitrogens is 4. The second kappa shape index (κ2) is 12.8. The molecule has 2 aliphatic rings. The minimum atomic E-state index is -1.74. The average molecular weight is 674 g/mol. The SMILES string of the molecule is CC(C)(O/N=C(\C(=O)C[C@@H]1C(=O)N2C(C(=O)O)=C(Cn3ccc4n3cc[n+]4CCCN=C(N)N)CS[C@H]12)c1csc(N)n1)C(=O)O. The van der Waals surface area contributed by atoms with E-state index in [2.05, 4.69) is 15.1 Å². The van der Waals surface area contributed by atoms with Crippen molar-refractivity contribution < 1.29 is 38.8 Å². The number of fused-ring (bicyclic) bond motifs is 2. The number of nitrogen functional groups attached to an aromatic ring is 1. The number of nitrogens with two attached hydrogens (primary N) is 3. The van der Waals surface area contributed by atoms with Crippen molar-refractivity contribution in [2.24, 2.45) is 27.5 Å². The highest BCUT2D eigenvalue weighted by atomic mass is 32.2. The van der Waals surface area contributed by atoms with Gasteiger partial charge in [-0.25, -0.2) is 23.8 Å². The van der Waals surface area contributed by atoms with Gasteiger partial charge < -0.3 is 32.3 Å². The van der Waals surface area contributed by atoms with Crippen molar-refractivity contribution in [2.45, 2.75) is 50.8 Å². The number of hydrogen-bond acceptors (Lipinski definition) is 11. The summed E-state index contributed by atoms with van der Waals surface area (Å²) in [5, 5.41) is 24.4. The number of amides is 1. The number of guanidine groups is 1. The van der Waals surface area contributed by atoms with E-state index in [1.807, 2.05) is 38.4 Å². The Bertz CT molecular complexity index is 1800. The van der Waals surface area contributed by atoms with Gasteiger partial charge in [0.2, 0.25) is 11.5 Å². The molecule has 5 rings (SSSR count). The van der Waals surface area contributed by atoms with E-state index in [9.17, 15) is 29.4 Å². The van der Waals surface area contributed by atoms with Crippen LogP contribution in [0.2, 0.25) is 0 Å². The zero-order valence-corrected chi connectivity index (χ0v) is 26.5. The lowest BCUT2D eigenvalue weighted by atomic mass is 9.89. The number of thiazole rings is 1. The van der Waals surface area contributed by atoms with Gasteiger partial charge >= 0.3 is 17.6 Å². The predicted octanol–water partition coefficient (Wildman–Crippen LogP) is -0.156. The van der Waals surface area contributed by atoms with Crippen molar-refractivity contribution in [3.05, 3.63) is 47.0 Å². The molecule has 2 atom stereocenters. The molecule has 46 heavy (non-hydrogen) atoms. The van der Waals surface area contributed by atoms with Crippen LogP contribution in [0.25, 0.3) is 5.65 Å². The highest BCUT2D eigenvalue weighted by molar-refractivity contribution is 8.00. The van der Waals surface area contributed by atoms with Crippen LogP contribution < -0.4 is 21.8 Å². The second-order valence-electron chi connectivity index (χ2n) is 11.1. The van der Waals surface area contributed by atoms with Crippen LogP contribution in [0.3, 0.4) is 0 Å². The number of carboxylic acids is 2. The maximum absolute atomic E-state index is 13.4. The van der Waals surface area contributed by atoms with Crippen molar-refractivity contribution in [1.82, 2.24) is 19.1 Å². The number of Topliss-reactive ketones (excluding diaryl/α,β-unsaturated/α-hetero) is 1. The van der Waals surface area contributed by atoms with Crippen LogP contribution in [-0.4, -0.2) is 87.9 Å². The summed E-state index contributed by atoms with van der Waals surface area (Å²) >= 11 is 2.42. The number of nitrogens with zero attached hydrogens (tertiary/aromatic N) is 7. The molecule has 0 aliphatic carbocycles. The van der Waals surface area contributed by atoms with Gasteiger partial charge in [0, 0.05) is 36.6 Å². The molecule has 8 N–H and O–H groups in total. The van der Waals surface area contributed by atoms with Crippen LogP contribution in [0, 0.1) is 5.92 Å². The molecule has 1 saturated heterocycles. The van der Waals surface area contributed by atoms with Gasteiger partial charge in [-0.05, 0) is 19.4 Å². The van der Waals surface area contributed by atoms with Gasteiger partial charge in [-0.1, -0.05) is 5.16 Å². The number of aliphatic imine (C=N–C) groups is 1. The van der Waals surface area contributed by atoms with Crippen LogP contribution >= 0.6 is 23.1 Å². The van der Waals surface area contributed by atoms with Gasteiger partial charge in [0.1, 0.15) is 17.6 Å². The first-order chi connectivity index (χ1) is 21.8. The molecule has 244 valence electrons. The Morgan fingerprint density at radius 1 is 1.24 bits per heavy atom. The van der Waals surface area contributed by atoms with E-state index in [1.54, 1.807) is 0 Å². The summed E-state index contributed by atoms with van der Waals surface area (Å²) in [5.74, 6) is -4.15. The number of imidazole rings is 1. The fourth-order valence-corrected chi connectivity index (χ4v) is 7.03. The van der Waals surface area contributed by atoms with Crippen LogP contribution in [0.1, 0.15) is 32.4 Å². The van der Waals surface area contributed by atoms with Gasteiger partial charge in [-0.3, -0.25) is 19.5 Å². The number of carboxylic acid groups (broad SMARTS) is 2. The summed E-state index contributed by atoms with van der Waals surface area (Å²) < 4.78 is 5.78. The summed E-state index contributed by atoms with van der Waals surface area (Å²) in [6.07, 6.45) is 6.02. The molecule has 3 aromatic heterocycles. The molecule has 0 radical (unpaired) electrons. The number of anilines is 1. The number of β-lactam (4-membered cyclic amide) rings is 1. The Kier molecular flexibility index (Phi) is 9.06. The first-order valence-electron chi connectivity index (χ1n) is 14.0. The Morgan fingerprint density at radius 3 is 2.65 bits per heavy atom. The predicted molar refractivity (Wildman–Crippen MR) is 168 cm³/mol. The first-order valence-corrected chi connectivity index (χ1v) is 16.0. The number of carbonyl (C=O) groups excluding carboxylic acids is 2. The Balaban J connectivity index is 1.32. The molecular weight excluding hydrogens is 640 g/mol. The number of carbonyl (C=O) groups is 4. The van der Waals surface area contributed by atoms with Crippen LogP contribution in [-0.2, 0) is 37.1 Å².